The second kappa shape index (κ2) is 7.76. The van der Waals surface area contributed by atoms with E-state index in [1.165, 1.54) is 37.4 Å². The van der Waals surface area contributed by atoms with Crippen LogP contribution in [-0.4, -0.2) is 47.6 Å². The lowest BCUT2D eigenvalue weighted by Gasteiger charge is -2.47. The molecule has 1 N–H and O–H groups in total. The van der Waals surface area contributed by atoms with Gasteiger partial charge >= 0.3 is 0 Å². The van der Waals surface area contributed by atoms with Crippen LogP contribution in [0.15, 0.2) is 0 Å². The van der Waals surface area contributed by atoms with Crippen molar-refractivity contribution in [1.82, 2.24) is 10.2 Å². The Kier molecular flexibility index (Phi) is 7.04. The van der Waals surface area contributed by atoms with E-state index in [9.17, 15) is 0 Å². The van der Waals surface area contributed by atoms with Gasteiger partial charge in [-0.1, -0.05) is 27.7 Å². The van der Waals surface area contributed by atoms with Crippen LogP contribution < -0.4 is 5.32 Å². The molecule has 1 saturated heterocycles. The number of hydrogen-bond acceptors (Lipinski definition) is 3. The lowest BCUT2D eigenvalue weighted by molar-refractivity contribution is 0.0607. The van der Waals surface area contributed by atoms with Gasteiger partial charge < -0.3 is 5.32 Å². The summed E-state index contributed by atoms with van der Waals surface area (Å²) < 4.78 is 0. The summed E-state index contributed by atoms with van der Waals surface area (Å²) in [6.07, 6.45) is 2.56. The zero-order chi connectivity index (χ0) is 13.6. The molecule has 1 aliphatic rings. The van der Waals surface area contributed by atoms with Crippen molar-refractivity contribution in [3.05, 3.63) is 0 Å². The molecule has 3 heteroatoms. The predicted molar refractivity (Wildman–Crippen MR) is 84.5 cm³/mol. The Labute approximate surface area is 118 Å². The molecular formula is C15H32N2S. The fourth-order valence-corrected chi connectivity index (χ4v) is 3.38. The van der Waals surface area contributed by atoms with Crippen molar-refractivity contribution in [3.8, 4) is 0 Å². The molecule has 0 aliphatic carbocycles. The molecule has 0 saturated carbocycles. The molecule has 108 valence electrons. The highest BCUT2D eigenvalue weighted by Crippen LogP contribution is 2.23. The number of thioether (sulfide) groups is 1. The average Bonchev–Trinajstić information content (AvgIpc) is 2.34. The van der Waals surface area contributed by atoms with Crippen LogP contribution in [0.4, 0.5) is 0 Å². The van der Waals surface area contributed by atoms with Crippen molar-refractivity contribution >= 4 is 11.8 Å². The molecule has 0 bridgehead atoms. The Morgan fingerprint density at radius 2 is 2.11 bits per heavy atom. The Bertz CT molecular complexity index is 233. The maximum atomic E-state index is 3.76. The summed E-state index contributed by atoms with van der Waals surface area (Å²) in [7, 11) is 0. The quantitative estimate of drug-likeness (QED) is 0.716. The molecule has 0 radical (unpaired) electrons. The van der Waals surface area contributed by atoms with Crippen LogP contribution in [0.25, 0.3) is 0 Å². The molecule has 18 heavy (non-hydrogen) atoms. The second-order valence-corrected chi connectivity index (χ2v) is 7.52. The highest BCUT2D eigenvalue weighted by molar-refractivity contribution is 7.99. The third kappa shape index (κ3) is 4.75. The highest BCUT2D eigenvalue weighted by atomic mass is 32.2. The fourth-order valence-electron chi connectivity index (χ4n) is 2.75. The molecule has 2 nitrogen and oxygen atoms in total. The van der Waals surface area contributed by atoms with Crippen LogP contribution in [0.1, 0.15) is 47.5 Å². The molecule has 0 amide bonds. The summed E-state index contributed by atoms with van der Waals surface area (Å²) in [5, 5.41) is 3.76. The Balaban J connectivity index is 2.50. The summed E-state index contributed by atoms with van der Waals surface area (Å²) in [6, 6.07) is 0.719. The average molecular weight is 273 g/mol. The molecule has 1 heterocycles. The first-order chi connectivity index (χ1) is 8.52. The van der Waals surface area contributed by atoms with Gasteiger partial charge in [0.1, 0.15) is 0 Å². The van der Waals surface area contributed by atoms with E-state index in [1.54, 1.807) is 0 Å². The van der Waals surface area contributed by atoms with Crippen molar-refractivity contribution in [1.29, 1.82) is 0 Å². The molecule has 1 aliphatic heterocycles. The summed E-state index contributed by atoms with van der Waals surface area (Å²) in [6.45, 7) is 15.3. The lowest BCUT2D eigenvalue weighted by Crippen LogP contribution is -2.64. The Morgan fingerprint density at radius 3 is 2.67 bits per heavy atom. The topological polar surface area (TPSA) is 15.3 Å². The van der Waals surface area contributed by atoms with Crippen LogP contribution in [0.3, 0.4) is 0 Å². The molecule has 2 atom stereocenters. The largest absolute Gasteiger partial charge is 0.309 e. The third-order valence-electron chi connectivity index (χ3n) is 4.25. The SMILES string of the molecule is CCSCCCN1CC(C)(CC)NCC1C(C)C. The van der Waals surface area contributed by atoms with Gasteiger partial charge in [0.05, 0.1) is 0 Å². The summed E-state index contributed by atoms with van der Waals surface area (Å²) in [4.78, 5) is 2.74. The molecule has 0 aromatic carbocycles. The van der Waals surface area contributed by atoms with Gasteiger partial charge in [-0.25, -0.2) is 0 Å². The minimum Gasteiger partial charge on any atom is -0.309 e. The first-order valence-electron chi connectivity index (χ1n) is 7.59. The Hall–Kier alpha value is 0.270. The van der Waals surface area contributed by atoms with Gasteiger partial charge in [-0.3, -0.25) is 4.90 Å². The molecule has 0 spiro atoms. The van der Waals surface area contributed by atoms with E-state index in [-0.39, 0.29) is 0 Å². The third-order valence-corrected chi connectivity index (χ3v) is 5.23. The van der Waals surface area contributed by atoms with E-state index in [0.29, 0.717) is 5.54 Å². The molecule has 0 aromatic rings. The molecular weight excluding hydrogens is 240 g/mol. The first kappa shape index (κ1) is 16.3. The van der Waals surface area contributed by atoms with E-state index in [2.05, 4.69) is 56.6 Å². The predicted octanol–water partition coefficient (Wildman–Crippen LogP) is 3.23. The van der Waals surface area contributed by atoms with Crippen LogP contribution in [-0.2, 0) is 0 Å². The summed E-state index contributed by atoms with van der Waals surface area (Å²) in [5.41, 5.74) is 0.323. The zero-order valence-electron chi connectivity index (χ0n) is 13.0. The second-order valence-electron chi connectivity index (χ2n) is 6.13. The van der Waals surface area contributed by atoms with E-state index in [4.69, 9.17) is 0 Å². The van der Waals surface area contributed by atoms with Gasteiger partial charge in [0.25, 0.3) is 0 Å². The van der Waals surface area contributed by atoms with Gasteiger partial charge in [-0.05, 0) is 43.7 Å². The number of hydrogen-bond donors (Lipinski definition) is 1. The highest BCUT2D eigenvalue weighted by Gasteiger charge is 2.35. The van der Waals surface area contributed by atoms with E-state index < -0.39 is 0 Å². The van der Waals surface area contributed by atoms with Gasteiger partial charge in [0.15, 0.2) is 0 Å². The minimum atomic E-state index is 0.323. The number of piperazine rings is 1. The van der Waals surface area contributed by atoms with E-state index >= 15 is 0 Å². The van der Waals surface area contributed by atoms with Gasteiger partial charge in [0.2, 0.25) is 0 Å². The fraction of sp³-hybridized carbons (Fsp3) is 1.00. The smallest absolute Gasteiger partial charge is 0.0278 e. The molecule has 1 rings (SSSR count). The Morgan fingerprint density at radius 1 is 1.39 bits per heavy atom. The molecule has 0 aromatic heterocycles. The standard InChI is InChI=1S/C15H32N2S/c1-6-15(5)12-17(9-8-10-18-7-2)14(11-16-15)13(3)4/h13-14,16H,6-12H2,1-5H3. The molecule has 2 unspecified atom stereocenters. The lowest BCUT2D eigenvalue weighted by atomic mass is 9.90. The van der Waals surface area contributed by atoms with Gasteiger partial charge in [-0.15, -0.1) is 0 Å². The number of rotatable bonds is 7. The van der Waals surface area contributed by atoms with Crippen molar-refractivity contribution in [3.63, 3.8) is 0 Å². The zero-order valence-corrected chi connectivity index (χ0v) is 13.8. The minimum absolute atomic E-state index is 0.323. The van der Waals surface area contributed by atoms with Crippen LogP contribution >= 0.6 is 11.8 Å². The first-order valence-corrected chi connectivity index (χ1v) is 8.74. The van der Waals surface area contributed by atoms with Crippen molar-refractivity contribution in [2.24, 2.45) is 5.92 Å². The monoisotopic (exact) mass is 272 g/mol. The normalized spacial score (nSPS) is 30.0. The van der Waals surface area contributed by atoms with Crippen molar-refractivity contribution in [2.75, 3.05) is 31.1 Å². The van der Waals surface area contributed by atoms with E-state index in [1.807, 2.05) is 0 Å². The van der Waals surface area contributed by atoms with Crippen LogP contribution in [0.2, 0.25) is 0 Å². The van der Waals surface area contributed by atoms with Gasteiger partial charge in [0, 0.05) is 24.7 Å². The number of nitrogens with zero attached hydrogens (tertiary/aromatic N) is 1. The number of nitrogens with one attached hydrogen (secondary N) is 1. The van der Waals surface area contributed by atoms with Crippen LogP contribution in [0, 0.1) is 5.92 Å². The summed E-state index contributed by atoms with van der Waals surface area (Å²) in [5.74, 6) is 3.31. The van der Waals surface area contributed by atoms with Crippen LogP contribution in [0.5, 0.6) is 0 Å². The molecule has 1 fully saturated rings. The maximum Gasteiger partial charge on any atom is 0.0278 e. The van der Waals surface area contributed by atoms with E-state index in [0.717, 1.165) is 18.5 Å². The van der Waals surface area contributed by atoms with Crippen molar-refractivity contribution in [2.45, 2.75) is 59.0 Å². The maximum absolute atomic E-state index is 3.76. The summed E-state index contributed by atoms with van der Waals surface area (Å²) >= 11 is 2.07. The van der Waals surface area contributed by atoms with Gasteiger partial charge in [-0.2, -0.15) is 11.8 Å². The van der Waals surface area contributed by atoms with Crippen molar-refractivity contribution < 1.29 is 0 Å².